The molecule has 5 heteroatoms. The predicted molar refractivity (Wildman–Crippen MR) is 72.8 cm³/mol. The number of amidine groups is 1. The number of nitrogens with two attached hydrogens (primary N) is 1. The van der Waals surface area contributed by atoms with Crippen molar-refractivity contribution in [1.29, 1.82) is 0 Å². The van der Waals surface area contributed by atoms with E-state index in [1.807, 2.05) is 0 Å². The van der Waals surface area contributed by atoms with Crippen LogP contribution in [0.1, 0.15) is 32.1 Å². The topological polar surface area (TPSA) is 65.1 Å². The molecule has 2 saturated heterocycles. The van der Waals surface area contributed by atoms with Crippen LogP contribution >= 0.6 is 0 Å². The van der Waals surface area contributed by atoms with Crippen molar-refractivity contribution in [2.75, 3.05) is 33.2 Å². The molecule has 0 amide bonds. The van der Waals surface area contributed by atoms with Gasteiger partial charge >= 0.3 is 0 Å². The first-order valence-corrected chi connectivity index (χ1v) is 7.09. The highest BCUT2D eigenvalue weighted by molar-refractivity contribution is 5.79. The molecule has 0 saturated carbocycles. The van der Waals surface area contributed by atoms with Crippen LogP contribution in [0.2, 0.25) is 0 Å². The van der Waals surface area contributed by atoms with Gasteiger partial charge in [0.1, 0.15) is 5.84 Å². The first-order valence-electron chi connectivity index (χ1n) is 7.09. The minimum atomic E-state index is 0.349. The molecule has 2 fully saturated rings. The highest BCUT2D eigenvalue weighted by Crippen LogP contribution is 2.29. The van der Waals surface area contributed by atoms with Gasteiger partial charge in [0.2, 0.25) is 0 Å². The second kappa shape index (κ2) is 6.38. The Morgan fingerprint density at radius 2 is 2.22 bits per heavy atom. The summed E-state index contributed by atoms with van der Waals surface area (Å²) in [6, 6.07) is 0.805. The molecule has 0 bridgehead atoms. The van der Waals surface area contributed by atoms with Crippen molar-refractivity contribution in [3.8, 4) is 0 Å². The average molecular weight is 254 g/mol. The van der Waals surface area contributed by atoms with E-state index in [0.29, 0.717) is 12.3 Å². The van der Waals surface area contributed by atoms with Crippen molar-refractivity contribution < 1.29 is 5.21 Å². The molecule has 18 heavy (non-hydrogen) atoms. The van der Waals surface area contributed by atoms with Gasteiger partial charge in [-0.15, -0.1) is 0 Å². The number of piperidine rings is 2. The Kier molecular flexibility index (Phi) is 4.83. The van der Waals surface area contributed by atoms with Crippen molar-refractivity contribution in [2.45, 2.75) is 38.1 Å². The molecule has 0 radical (unpaired) electrons. The van der Waals surface area contributed by atoms with E-state index in [2.05, 4.69) is 22.0 Å². The Morgan fingerprint density at radius 1 is 1.39 bits per heavy atom. The molecule has 0 aliphatic carbocycles. The average Bonchev–Trinajstić information content (AvgIpc) is 2.38. The van der Waals surface area contributed by atoms with Crippen LogP contribution in [0, 0.1) is 5.92 Å². The quantitative estimate of drug-likeness (QED) is 0.339. The van der Waals surface area contributed by atoms with E-state index < -0.39 is 0 Å². The fraction of sp³-hybridized carbons (Fsp3) is 0.923. The molecule has 2 atom stereocenters. The minimum Gasteiger partial charge on any atom is -0.409 e. The maximum Gasteiger partial charge on any atom is 0.139 e. The van der Waals surface area contributed by atoms with Crippen LogP contribution in [0.4, 0.5) is 0 Å². The van der Waals surface area contributed by atoms with Crippen molar-refractivity contribution >= 4 is 5.84 Å². The zero-order valence-electron chi connectivity index (χ0n) is 11.4. The summed E-state index contributed by atoms with van der Waals surface area (Å²) in [5.74, 6) is 1.20. The molecule has 5 nitrogen and oxygen atoms in total. The number of likely N-dealkylation sites (tertiary alicyclic amines) is 2. The Hall–Kier alpha value is -0.810. The van der Waals surface area contributed by atoms with E-state index in [1.165, 1.54) is 38.9 Å². The summed E-state index contributed by atoms with van der Waals surface area (Å²) >= 11 is 0. The van der Waals surface area contributed by atoms with Crippen molar-refractivity contribution in [3.63, 3.8) is 0 Å². The number of fused-ring (bicyclic) bond motifs is 1. The fourth-order valence-corrected chi connectivity index (χ4v) is 3.46. The Balaban J connectivity index is 1.73. The number of rotatable bonds is 4. The lowest BCUT2D eigenvalue weighted by atomic mass is 9.84. The summed E-state index contributed by atoms with van der Waals surface area (Å²) in [5, 5.41) is 11.5. The summed E-state index contributed by atoms with van der Waals surface area (Å²) in [6.07, 6.45) is 5.70. The maximum absolute atomic E-state index is 8.50. The molecule has 104 valence electrons. The molecule has 0 aromatic heterocycles. The van der Waals surface area contributed by atoms with Crippen molar-refractivity contribution in [2.24, 2.45) is 16.8 Å². The smallest absolute Gasteiger partial charge is 0.139 e. The first-order chi connectivity index (χ1) is 8.70. The zero-order chi connectivity index (χ0) is 13.0. The molecule has 0 spiro atoms. The van der Waals surface area contributed by atoms with Crippen LogP contribution in [-0.2, 0) is 0 Å². The van der Waals surface area contributed by atoms with E-state index in [-0.39, 0.29) is 0 Å². The normalized spacial score (nSPS) is 31.3. The van der Waals surface area contributed by atoms with Crippen LogP contribution in [0.5, 0.6) is 0 Å². The van der Waals surface area contributed by atoms with Gasteiger partial charge in [0, 0.05) is 19.0 Å². The lowest BCUT2D eigenvalue weighted by molar-refractivity contribution is 0.0384. The number of oxime groups is 1. The summed E-state index contributed by atoms with van der Waals surface area (Å²) in [5.41, 5.74) is 5.49. The van der Waals surface area contributed by atoms with Gasteiger partial charge in [0.25, 0.3) is 0 Å². The molecule has 3 N–H and O–H groups in total. The number of hydrogen-bond acceptors (Lipinski definition) is 4. The van der Waals surface area contributed by atoms with Gasteiger partial charge in [0.15, 0.2) is 0 Å². The predicted octanol–water partition coefficient (Wildman–Crippen LogP) is 0.929. The standard InChI is InChI=1S/C13H26N4O/c1-16-7-2-4-11-10-17(9-6-12(11)16)8-3-5-13(14)15-18/h11-12,18H,2-10H2,1H3,(H2,14,15). The van der Waals surface area contributed by atoms with Gasteiger partial charge in [-0.3, -0.25) is 0 Å². The summed E-state index contributed by atoms with van der Waals surface area (Å²) in [6.45, 7) is 4.76. The summed E-state index contributed by atoms with van der Waals surface area (Å²) in [7, 11) is 2.27. The molecular formula is C13H26N4O. The second-order valence-corrected chi connectivity index (χ2v) is 5.73. The largest absolute Gasteiger partial charge is 0.409 e. The third-order valence-corrected chi connectivity index (χ3v) is 4.47. The van der Waals surface area contributed by atoms with E-state index in [1.54, 1.807) is 0 Å². The molecule has 2 unspecified atom stereocenters. The van der Waals surface area contributed by atoms with Crippen molar-refractivity contribution in [3.05, 3.63) is 0 Å². The van der Waals surface area contributed by atoms with Crippen LogP contribution in [0.25, 0.3) is 0 Å². The highest BCUT2D eigenvalue weighted by atomic mass is 16.4. The second-order valence-electron chi connectivity index (χ2n) is 5.73. The minimum absolute atomic E-state index is 0.349. The SMILES string of the molecule is CN1CCCC2CN(CCCC(N)=NO)CCC21. The van der Waals surface area contributed by atoms with Gasteiger partial charge in [-0.1, -0.05) is 5.16 Å². The van der Waals surface area contributed by atoms with E-state index in [9.17, 15) is 0 Å². The molecule has 2 aliphatic heterocycles. The molecule has 2 rings (SSSR count). The third kappa shape index (κ3) is 3.36. The fourth-order valence-electron chi connectivity index (χ4n) is 3.46. The molecule has 0 aromatic carbocycles. The summed E-state index contributed by atoms with van der Waals surface area (Å²) in [4.78, 5) is 5.09. The maximum atomic E-state index is 8.50. The first kappa shape index (κ1) is 13.6. The molecule has 2 heterocycles. The lowest BCUT2D eigenvalue weighted by Crippen LogP contribution is -2.52. The monoisotopic (exact) mass is 254 g/mol. The van der Waals surface area contributed by atoms with E-state index in [4.69, 9.17) is 10.9 Å². The van der Waals surface area contributed by atoms with Crippen LogP contribution in [0.3, 0.4) is 0 Å². The lowest BCUT2D eigenvalue weighted by Gasteiger charge is -2.46. The van der Waals surface area contributed by atoms with Crippen LogP contribution in [0.15, 0.2) is 5.16 Å². The number of hydrogen-bond donors (Lipinski definition) is 2. The van der Waals surface area contributed by atoms with Crippen LogP contribution < -0.4 is 5.73 Å². The van der Waals surface area contributed by atoms with Gasteiger partial charge in [-0.25, -0.2) is 0 Å². The van der Waals surface area contributed by atoms with Crippen molar-refractivity contribution in [1.82, 2.24) is 9.80 Å². The highest BCUT2D eigenvalue weighted by Gasteiger charge is 2.33. The Bertz CT molecular complexity index is 295. The van der Waals surface area contributed by atoms with Gasteiger partial charge in [0.05, 0.1) is 0 Å². The molecule has 0 aromatic rings. The Morgan fingerprint density at radius 3 is 3.00 bits per heavy atom. The molecule has 2 aliphatic rings. The number of nitrogens with zero attached hydrogens (tertiary/aromatic N) is 3. The van der Waals surface area contributed by atoms with Gasteiger partial charge in [-0.2, -0.15) is 0 Å². The third-order valence-electron chi connectivity index (χ3n) is 4.47. The van der Waals surface area contributed by atoms with Gasteiger partial charge in [-0.05, 0) is 58.3 Å². The summed E-state index contributed by atoms with van der Waals surface area (Å²) < 4.78 is 0. The zero-order valence-corrected chi connectivity index (χ0v) is 11.4. The van der Waals surface area contributed by atoms with E-state index in [0.717, 1.165) is 24.9 Å². The van der Waals surface area contributed by atoms with E-state index >= 15 is 0 Å². The molecular weight excluding hydrogens is 228 g/mol. The van der Waals surface area contributed by atoms with Gasteiger partial charge < -0.3 is 20.7 Å². The van der Waals surface area contributed by atoms with Crippen LogP contribution in [-0.4, -0.2) is 60.1 Å². The Labute approximate surface area is 110 Å².